The van der Waals surface area contributed by atoms with Crippen molar-refractivity contribution >= 4 is 16.6 Å². The summed E-state index contributed by atoms with van der Waals surface area (Å²) in [4.78, 5) is 9.63. The smallest absolute Gasteiger partial charge is 0.121 e. The second-order valence-electron chi connectivity index (χ2n) is 5.59. The van der Waals surface area contributed by atoms with Crippen LogP contribution in [0, 0.1) is 6.92 Å². The van der Waals surface area contributed by atoms with Crippen LogP contribution in [0.15, 0.2) is 24.3 Å². The molecule has 0 N–H and O–H groups in total. The van der Waals surface area contributed by atoms with Crippen molar-refractivity contribution in [1.82, 2.24) is 9.88 Å². The predicted octanol–water partition coefficient (Wildman–Crippen LogP) is 2.69. The number of methoxy groups -OCH3 is 1. The van der Waals surface area contributed by atoms with Gasteiger partial charge in [0.2, 0.25) is 0 Å². The fraction of sp³-hybridized carbons (Fsp3) is 0.471. The van der Waals surface area contributed by atoms with E-state index in [0.29, 0.717) is 0 Å². The van der Waals surface area contributed by atoms with Crippen LogP contribution < -0.4 is 9.64 Å². The number of pyridine rings is 1. The molecule has 0 saturated carbocycles. The van der Waals surface area contributed by atoms with E-state index in [4.69, 9.17) is 4.74 Å². The van der Waals surface area contributed by atoms with Gasteiger partial charge >= 0.3 is 0 Å². The molecule has 1 aliphatic heterocycles. The van der Waals surface area contributed by atoms with Gasteiger partial charge in [-0.05, 0) is 31.7 Å². The number of rotatable bonds is 3. The number of anilines is 1. The molecule has 3 rings (SSSR count). The predicted molar refractivity (Wildman–Crippen MR) is 87.4 cm³/mol. The number of likely N-dealkylation sites (N-methyl/N-ethyl adjacent to an activating group) is 1. The minimum Gasteiger partial charge on any atom is -0.497 e. The molecule has 0 atom stereocenters. The lowest BCUT2D eigenvalue weighted by Gasteiger charge is -2.36. The van der Waals surface area contributed by atoms with Crippen molar-refractivity contribution in [2.45, 2.75) is 13.8 Å². The largest absolute Gasteiger partial charge is 0.497 e. The van der Waals surface area contributed by atoms with Gasteiger partial charge in [-0.3, -0.25) is 4.98 Å². The molecule has 21 heavy (non-hydrogen) atoms. The van der Waals surface area contributed by atoms with Crippen molar-refractivity contribution in [3.8, 4) is 5.75 Å². The van der Waals surface area contributed by atoms with Crippen LogP contribution in [0.3, 0.4) is 0 Å². The van der Waals surface area contributed by atoms with E-state index in [2.05, 4.69) is 40.8 Å². The van der Waals surface area contributed by atoms with E-state index in [-0.39, 0.29) is 0 Å². The molecular weight excluding hydrogens is 262 g/mol. The second-order valence-corrected chi connectivity index (χ2v) is 5.59. The molecule has 2 aromatic rings. The summed E-state index contributed by atoms with van der Waals surface area (Å²) in [5, 5.41) is 1.21. The number of hydrogen-bond acceptors (Lipinski definition) is 4. The van der Waals surface area contributed by atoms with Gasteiger partial charge in [0.25, 0.3) is 0 Å². The summed E-state index contributed by atoms with van der Waals surface area (Å²) in [5.74, 6) is 0.863. The zero-order valence-electron chi connectivity index (χ0n) is 13.1. The molecule has 0 unspecified atom stereocenters. The summed E-state index contributed by atoms with van der Waals surface area (Å²) in [6.45, 7) is 9.86. The van der Waals surface area contributed by atoms with Gasteiger partial charge in [0, 0.05) is 49.0 Å². The van der Waals surface area contributed by atoms with Crippen molar-refractivity contribution in [3.05, 3.63) is 30.0 Å². The molecule has 112 valence electrons. The third-order valence-corrected chi connectivity index (χ3v) is 4.28. The molecule has 2 heterocycles. The van der Waals surface area contributed by atoms with Gasteiger partial charge in [0.15, 0.2) is 0 Å². The lowest BCUT2D eigenvalue weighted by atomic mass is 10.1. The van der Waals surface area contributed by atoms with Gasteiger partial charge in [-0.15, -0.1) is 0 Å². The molecule has 4 nitrogen and oxygen atoms in total. The molecule has 1 aromatic heterocycles. The van der Waals surface area contributed by atoms with E-state index < -0.39 is 0 Å². The molecule has 0 amide bonds. The zero-order chi connectivity index (χ0) is 14.8. The monoisotopic (exact) mass is 285 g/mol. The summed E-state index contributed by atoms with van der Waals surface area (Å²) in [6, 6.07) is 8.37. The van der Waals surface area contributed by atoms with Crippen LogP contribution in [0.4, 0.5) is 5.69 Å². The first-order valence-corrected chi connectivity index (χ1v) is 7.64. The highest BCUT2D eigenvalue weighted by Crippen LogP contribution is 2.30. The van der Waals surface area contributed by atoms with Crippen LogP contribution in [-0.2, 0) is 0 Å². The quantitative estimate of drug-likeness (QED) is 0.867. The molecule has 1 saturated heterocycles. The second kappa shape index (κ2) is 5.90. The standard InChI is InChI=1S/C17H23N3O/c1-4-19-7-9-20(10-8-19)17-11-13(2)18-16-12-14(21-3)5-6-15(16)17/h5-6,11-12H,4,7-10H2,1-3H3. The number of aromatic nitrogens is 1. The average Bonchev–Trinajstić information content (AvgIpc) is 2.53. The number of aryl methyl sites for hydroxylation is 1. The first kappa shape index (κ1) is 14.1. The van der Waals surface area contributed by atoms with Crippen molar-refractivity contribution in [2.24, 2.45) is 0 Å². The Balaban J connectivity index is 1.98. The van der Waals surface area contributed by atoms with Gasteiger partial charge in [0.1, 0.15) is 5.75 Å². The Kier molecular flexibility index (Phi) is 3.97. The van der Waals surface area contributed by atoms with Gasteiger partial charge in [-0.2, -0.15) is 0 Å². The summed E-state index contributed by atoms with van der Waals surface area (Å²) < 4.78 is 5.32. The third-order valence-electron chi connectivity index (χ3n) is 4.28. The fourth-order valence-electron chi connectivity index (χ4n) is 3.01. The van der Waals surface area contributed by atoms with Crippen LogP contribution in [0.2, 0.25) is 0 Å². The molecule has 1 aromatic carbocycles. The first-order valence-electron chi connectivity index (χ1n) is 7.64. The molecule has 0 bridgehead atoms. The van der Waals surface area contributed by atoms with Gasteiger partial charge in [-0.25, -0.2) is 0 Å². The maximum Gasteiger partial charge on any atom is 0.121 e. The van der Waals surface area contributed by atoms with E-state index in [1.165, 1.54) is 11.1 Å². The Hall–Kier alpha value is -1.81. The Morgan fingerprint density at radius 3 is 2.57 bits per heavy atom. The van der Waals surface area contributed by atoms with Crippen molar-refractivity contribution < 1.29 is 4.74 Å². The molecule has 1 aliphatic rings. The Morgan fingerprint density at radius 1 is 1.14 bits per heavy atom. The van der Waals surface area contributed by atoms with Crippen LogP contribution in [0.1, 0.15) is 12.6 Å². The minimum absolute atomic E-state index is 0.863. The zero-order valence-corrected chi connectivity index (χ0v) is 13.1. The normalized spacial score (nSPS) is 16.4. The summed E-state index contributed by atoms with van der Waals surface area (Å²) in [6.07, 6.45) is 0. The van der Waals surface area contributed by atoms with Gasteiger partial charge in [-0.1, -0.05) is 6.92 Å². The molecular formula is C17H23N3O. The van der Waals surface area contributed by atoms with Crippen LogP contribution >= 0.6 is 0 Å². The molecule has 0 spiro atoms. The Bertz CT molecular complexity index is 633. The number of fused-ring (bicyclic) bond motifs is 1. The molecule has 4 heteroatoms. The van der Waals surface area contributed by atoms with E-state index in [0.717, 1.165) is 49.7 Å². The van der Waals surface area contributed by atoms with E-state index in [1.807, 2.05) is 12.1 Å². The summed E-state index contributed by atoms with van der Waals surface area (Å²) in [7, 11) is 1.70. The Morgan fingerprint density at radius 2 is 1.90 bits per heavy atom. The highest BCUT2D eigenvalue weighted by molar-refractivity contribution is 5.92. The van der Waals surface area contributed by atoms with E-state index >= 15 is 0 Å². The van der Waals surface area contributed by atoms with Crippen LogP contribution in [-0.4, -0.2) is 49.7 Å². The minimum atomic E-state index is 0.863. The maximum absolute atomic E-state index is 5.32. The van der Waals surface area contributed by atoms with Crippen LogP contribution in [0.5, 0.6) is 5.75 Å². The lowest BCUT2D eigenvalue weighted by molar-refractivity contribution is 0.271. The van der Waals surface area contributed by atoms with Crippen molar-refractivity contribution in [2.75, 3.05) is 44.7 Å². The molecule has 0 radical (unpaired) electrons. The summed E-state index contributed by atoms with van der Waals surface area (Å²) >= 11 is 0. The lowest BCUT2D eigenvalue weighted by Crippen LogP contribution is -2.46. The molecule has 1 fully saturated rings. The SMILES string of the molecule is CCN1CCN(c2cc(C)nc3cc(OC)ccc23)CC1. The molecule has 0 aliphatic carbocycles. The number of benzene rings is 1. The third kappa shape index (κ3) is 2.81. The van der Waals surface area contributed by atoms with Crippen molar-refractivity contribution in [1.29, 1.82) is 0 Å². The maximum atomic E-state index is 5.32. The van der Waals surface area contributed by atoms with Crippen molar-refractivity contribution in [3.63, 3.8) is 0 Å². The number of piperazine rings is 1. The first-order chi connectivity index (χ1) is 10.2. The number of nitrogens with zero attached hydrogens (tertiary/aromatic N) is 3. The van der Waals surface area contributed by atoms with Gasteiger partial charge in [0.05, 0.1) is 12.6 Å². The number of ether oxygens (including phenoxy) is 1. The van der Waals surface area contributed by atoms with E-state index in [9.17, 15) is 0 Å². The van der Waals surface area contributed by atoms with E-state index in [1.54, 1.807) is 7.11 Å². The highest BCUT2D eigenvalue weighted by Gasteiger charge is 2.18. The number of hydrogen-bond donors (Lipinski definition) is 0. The van der Waals surface area contributed by atoms with Crippen LogP contribution in [0.25, 0.3) is 10.9 Å². The fourth-order valence-corrected chi connectivity index (χ4v) is 3.01. The average molecular weight is 285 g/mol. The topological polar surface area (TPSA) is 28.6 Å². The van der Waals surface area contributed by atoms with Gasteiger partial charge < -0.3 is 14.5 Å². The highest BCUT2D eigenvalue weighted by atomic mass is 16.5. The summed E-state index contributed by atoms with van der Waals surface area (Å²) in [5.41, 5.74) is 3.38. The Labute approximate surface area is 126 Å².